The Labute approximate surface area is 124 Å². The zero-order chi connectivity index (χ0) is 15.0. The second-order valence-electron chi connectivity index (χ2n) is 5.51. The molecule has 0 aromatic heterocycles. The van der Waals surface area contributed by atoms with Crippen molar-refractivity contribution in [3.8, 4) is 0 Å². The summed E-state index contributed by atoms with van der Waals surface area (Å²) in [7, 11) is -3.77. The molecule has 0 radical (unpaired) electrons. The van der Waals surface area contributed by atoms with Crippen LogP contribution in [0.3, 0.4) is 0 Å². The summed E-state index contributed by atoms with van der Waals surface area (Å²) in [4.78, 5) is 0.147. The maximum Gasteiger partial charge on any atom is 0.296 e. The van der Waals surface area contributed by atoms with Crippen molar-refractivity contribution < 1.29 is 22.4 Å². The largest absolute Gasteiger partial charge is 0.396 e. The number of fused-ring (bicyclic) bond motifs is 2. The van der Waals surface area contributed by atoms with Crippen molar-refractivity contribution in [2.24, 2.45) is 11.8 Å². The molecule has 2 aliphatic rings. The summed E-state index contributed by atoms with van der Waals surface area (Å²) >= 11 is 0. The third kappa shape index (κ3) is 2.76. The molecule has 114 valence electrons. The summed E-state index contributed by atoms with van der Waals surface area (Å²) in [6.07, 6.45) is 3.52. The number of rotatable bonds is 5. The molecular formula is C15H18O5S. The molecule has 5 nitrogen and oxygen atoms in total. The van der Waals surface area contributed by atoms with E-state index in [-0.39, 0.29) is 42.2 Å². The number of aliphatic hydroxyl groups excluding tert-OH is 1. The monoisotopic (exact) mass is 310 g/mol. The van der Waals surface area contributed by atoms with Gasteiger partial charge in [-0.3, -0.25) is 4.18 Å². The number of hydrogen-bond acceptors (Lipinski definition) is 5. The van der Waals surface area contributed by atoms with E-state index in [0.717, 1.165) is 5.56 Å². The molecule has 0 amide bonds. The lowest BCUT2D eigenvalue weighted by molar-refractivity contribution is 0.0922. The fourth-order valence-corrected chi connectivity index (χ4v) is 3.81. The van der Waals surface area contributed by atoms with Gasteiger partial charge in [-0.2, -0.15) is 8.42 Å². The zero-order valence-corrected chi connectivity index (χ0v) is 12.5. The van der Waals surface area contributed by atoms with E-state index in [1.807, 2.05) is 19.1 Å². The Balaban J connectivity index is 1.69. The number of benzene rings is 1. The van der Waals surface area contributed by atoms with Gasteiger partial charge in [-0.1, -0.05) is 29.8 Å². The first-order valence-corrected chi connectivity index (χ1v) is 8.33. The Morgan fingerprint density at radius 2 is 1.76 bits per heavy atom. The first-order valence-electron chi connectivity index (χ1n) is 6.92. The van der Waals surface area contributed by atoms with Gasteiger partial charge in [0.25, 0.3) is 10.1 Å². The summed E-state index contributed by atoms with van der Waals surface area (Å²) in [6.45, 7) is 1.87. The Morgan fingerprint density at radius 3 is 2.38 bits per heavy atom. The number of ether oxygens (including phenoxy) is 1. The third-order valence-corrected chi connectivity index (χ3v) is 5.43. The minimum Gasteiger partial charge on any atom is -0.396 e. The second kappa shape index (κ2) is 5.53. The molecule has 21 heavy (non-hydrogen) atoms. The predicted octanol–water partition coefficient (Wildman–Crippen LogP) is 1.26. The molecule has 0 spiro atoms. The van der Waals surface area contributed by atoms with Gasteiger partial charge in [0.15, 0.2) is 0 Å². The van der Waals surface area contributed by atoms with Crippen LogP contribution in [0.2, 0.25) is 0 Å². The molecule has 4 atom stereocenters. The van der Waals surface area contributed by atoms with Crippen LogP contribution in [0.15, 0.2) is 41.3 Å². The van der Waals surface area contributed by atoms with Gasteiger partial charge in [-0.05, 0) is 19.1 Å². The summed E-state index contributed by atoms with van der Waals surface area (Å²) < 4.78 is 35.1. The summed E-state index contributed by atoms with van der Waals surface area (Å²) in [5, 5.41) is 9.42. The SMILES string of the molecule is Cc1ccc(S(=O)(=O)OCC2C3C=CC(O3)C2CO)cc1. The fourth-order valence-electron chi connectivity index (χ4n) is 2.86. The molecule has 0 saturated carbocycles. The van der Waals surface area contributed by atoms with E-state index in [2.05, 4.69) is 0 Å². The highest BCUT2D eigenvalue weighted by molar-refractivity contribution is 7.86. The van der Waals surface area contributed by atoms with Crippen LogP contribution < -0.4 is 0 Å². The molecule has 1 saturated heterocycles. The molecule has 2 bridgehead atoms. The van der Waals surface area contributed by atoms with E-state index >= 15 is 0 Å². The van der Waals surface area contributed by atoms with Crippen LogP contribution in [0.1, 0.15) is 5.56 Å². The van der Waals surface area contributed by atoms with Crippen LogP contribution in [0.5, 0.6) is 0 Å². The van der Waals surface area contributed by atoms with Crippen molar-refractivity contribution in [2.45, 2.75) is 24.0 Å². The molecule has 1 N–H and O–H groups in total. The minimum atomic E-state index is -3.77. The minimum absolute atomic E-state index is 0.0208. The molecule has 3 rings (SSSR count). The maximum absolute atomic E-state index is 12.2. The van der Waals surface area contributed by atoms with Gasteiger partial charge in [0, 0.05) is 18.4 Å². The van der Waals surface area contributed by atoms with E-state index in [4.69, 9.17) is 8.92 Å². The van der Waals surface area contributed by atoms with Crippen molar-refractivity contribution >= 4 is 10.1 Å². The van der Waals surface area contributed by atoms with Gasteiger partial charge < -0.3 is 9.84 Å². The molecule has 4 unspecified atom stereocenters. The lowest BCUT2D eigenvalue weighted by Gasteiger charge is -2.22. The highest BCUT2D eigenvalue weighted by Gasteiger charge is 2.46. The molecule has 2 aliphatic heterocycles. The highest BCUT2D eigenvalue weighted by Crippen LogP contribution is 2.39. The van der Waals surface area contributed by atoms with Crippen LogP contribution in [0, 0.1) is 18.8 Å². The number of aryl methyl sites for hydroxylation is 1. The maximum atomic E-state index is 12.2. The predicted molar refractivity (Wildman–Crippen MR) is 76.2 cm³/mol. The summed E-state index contributed by atoms with van der Waals surface area (Å²) in [6, 6.07) is 6.53. The molecule has 1 fully saturated rings. The Kier molecular flexibility index (Phi) is 3.88. The lowest BCUT2D eigenvalue weighted by Crippen LogP contribution is -2.31. The van der Waals surface area contributed by atoms with Crippen molar-refractivity contribution in [2.75, 3.05) is 13.2 Å². The Morgan fingerprint density at radius 1 is 1.14 bits per heavy atom. The quantitative estimate of drug-likeness (QED) is 0.655. The molecular weight excluding hydrogens is 292 g/mol. The highest BCUT2D eigenvalue weighted by atomic mass is 32.2. The molecule has 1 aromatic rings. The first kappa shape index (κ1) is 14.7. The van der Waals surface area contributed by atoms with Gasteiger partial charge in [-0.15, -0.1) is 0 Å². The van der Waals surface area contributed by atoms with E-state index in [1.165, 1.54) is 12.1 Å². The van der Waals surface area contributed by atoms with Crippen molar-refractivity contribution in [1.82, 2.24) is 0 Å². The Bertz CT molecular complexity index is 635. The van der Waals surface area contributed by atoms with E-state index < -0.39 is 10.1 Å². The van der Waals surface area contributed by atoms with E-state index in [0.29, 0.717) is 0 Å². The summed E-state index contributed by atoms with van der Waals surface area (Å²) in [5.74, 6) is -0.238. The van der Waals surface area contributed by atoms with Gasteiger partial charge in [0.2, 0.25) is 0 Å². The number of hydrogen-bond donors (Lipinski definition) is 1. The Hall–Kier alpha value is -1.21. The van der Waals surface area contributed by atoms with Crippen LogP contribution in [0.4, 0.5) is 0 Å². The second-order valence-corrected chi connectivity index (χ2v) is 7.13. The molecule has 6 heteroatoms. The number of aliphatic hydroxyl groups is 1. The topological polar surface area (TPSA) is 72.8 Å². The average molecular weight is 310 g/mol. The normalized spacial score (nSPS) is 31.0. The summed E-state index contributed by atoms with van der Waals surface area (Å²) in [5.41, 5.74) is 0.987. The standard InChI is InChI=1S/C15H18O5S/c1-10-2-4-11(5-3-10)21(17,18)19-9-13-12(8-16)14-6-7-15(13)20-14/h2-7,12-16H,8-9H2,1H3. The van der Waals surface area contributed by atoms with Crippen LogP contribution in [-0.4, -0.2) is 38.9 Å². The van der Waals surface area contributed by atoms with Crippen molar-refractivity contribution in [3.05, 3.63) is 42.0 Å². The van der Waals surface area contributed by atoms with E-state index in [9.17, 15) is 13.5 Å². The van der Waals surface area contributed by atoms with Gasteiger partial charge in [0.05, 0.1) is 23.7 Å². The lowest BCUT2D eigenvalue weighted by atomic mass is 9.84. The van der Waals surface area contributed by atoms with Crippen LogP contribution in [-0.2, 0) is 19.0 Å². The molecule has 2 heterocycles. The van der Waals surface area contributed by atoms with Crippen molar-refractivity contribution in [1.29, 1.82) is 0 Å². The van der Waals surface area contributed by atoms with Crippen LogP contribution >= 0.6 is 0 Å². The average Bonchev–Trinajstić information content (AvgIpc) is 3.06. The third-order valence-electron chi connectivity index (χ3n) is 4.13. The fraction of sp³-hybridized carbons (Fsp3) is 0.467. The molecule has 0 aliphatic carbocycles. The first-order chi connectivity index (χ1) is 10.0. The van der Waals surface area contributed by atoms with Crippen LogP contribution in [0.25, 0.3) is 0 Å². The van der Waals surface area contributed by atoms with Gasteiger partial charge in [-0.25, -0.2) is 0 Å². The smallest absolute Gasteiger partial charge is 0.296 e. The van der Waals surface area contributed by atoms with Gasteiger partial charge >= 0.3 is 0 Å². The zero-order valence-electron chi connectivity index (χ0n) is 11.7. The van der Waals surface area contributed by atoms with Crippen molar-refractivity contribution in [3.63, 3.8) is 0 Å². The van der Waals surface area contributed by atoms with Gasteiger partial charge in [0.1, 0.15) is 0 Å². The molecule has 1 aromatic carbocycles. The van der Waals surface area contributed by atoms with E-state index in [1.54, 1.807) is 12.1 Å².